The van der Waals surface area contributed by atoms with Gasteiger partial charge < -0.3 is 15.5 Å². The quantitative estimate of drug-likeness (QED) is 0.614. The zero-order valence-electron chi connectivity index (χ0n) is 7.80. The number of carbonyl (C=O) groups excluding carboxylic acids is 1. The van der Waals surface area contributed by atoms with Crippen molar-refractivity contribution >= 4 is 23.4 Å². The highest BCUT2D eigenvalue weighted by atomic mass is 32.1. The summed E-state index contributed by atoms with van der Waals surface area (Å²) in [5.41, 5.74) is 0.430. The molecule has 0 aromatic carbocycles. The minimum atomic E-state index is -1.31. The van der Waals surface area contributed by atoms with Crippen LogP contribution >= 0.6 is 11.5 Å². The number of carboxylic acid groups (broad SMARTS) is 1. The lowest BCUT2D eigenvalue weighted by molar-refractivity contribution is -0.140. The number of nitrogens with one attached hydrogen (secondary N) is 1. The van der Waals surface area contributed by atoms with E-state index in [1.165, 1.54) is 0 Å². The fourth-order valence-corrected chi connectivity index (χ4v) is 1.41. The van der Waals surface area contributed by atoms with Gasteiger partial charge in [0.15, 0.2) is 6.04 Å². The van der Waals surface area contributed by atoms with Crippen LogP contribution in [0.2, 0.25) is 0 Å². The van der Waals surface area contributed by atoms with Crippen molar-refractivity contribution in [3.05, 3.63) is 10.6 Å². The molecule has 0 spiro atoms. The Bertz CT molecular complexity index is 378. The molecule has 0 saturated carbocycles. The van der Waals surface area contributed by atoms with Crippen molar-refractivity contribution in [3.63, 3.8) is 0 Å². The number of aliphatic carboxylic acids is 1. The van der Waals surface area contributed by atoms with Crippen LogP contribution in [0.4, 0.5) is 0 Å². The van der Waals surface area contributed by atoms with Gasteiger partial charge in [-0.1, -0.05) is 4.49 Å². The van der Waals surface area contributed by atoms with Gasteiger partial charge in [-0.3, -0.25) is 4.79 Å². The fraction of sp³-hybridized carbons (Fsp3) is 0.429. The molecule has 0 aliphatic rings. The van der Waals surface area contributed by atoms with Crippen LogP contribution < -0.4 is 5.32 Å². The largest absolute Gasteiger partial charge is 0.480 e. The maximum absolute atomic E-state index is 11.4. The Morgan fingerprint density at radius 2 is 2.27 bits per heavy atom. The Hall–Kier alpha value is -1.54. The van der Waals surface area contributed by atoms with E-state index in [1.54, 1.807) is 6.92 Å². The zero-order valence-corrected chi connectivity index (χ0v) is 8.61. The van der Waals surface area contributed by atoms with E-state index in [4.69, 9.17) is 10.2 Å². The monoisotopic (exact) mass is 231 g/mol. The summed E-state index contributed by atoms with van der Waals surface area (Å²) in [5, 5.41) is 23.0. The van der Waals surface area contributed by atoms with E-state index in [0.717, 1.165) is 11.5 Å². The van der Waals surface area contributed by atoms with E-state index in [0.29, 0.717) is 5.69 Å². The maximum atomic E-state index is 11.4. The van der Waals surface area contributed by atoms with E-state index in [-0.39, 0.29) is 4.88 Å². The molecular formula is C7H9N3O4S. The number of carbonyl (C=O) groups is 2. The third-order valence-electron chi connectivity index (χ3n) is 1.64. The van der Waals surface area contributed by atoms with Gasteiger partial charge in [0.05, 0.1) is 12.3 Å². The van der Waals surface area contributed by atoms with Crippen LogP contribution in [-0.2, 0) is 4.79 Å². The predicted molar refractivity (Wildman–Crippen MR) is 50.6 cm³/mol. The van der Waals surface area contributed by atoms with Crippen LogP contribution in [0, 0.1) is 6.92 Å². The third-order valence-corrected chi connectivity index (χ3v) is 2.47. The molecule has 3 N–H and O–H groups in total. The second-order valence-electron chi connectivity index (χ2n) is 2.73. The lowest BCUT2D eigenvalue weighted by Crippen LogP contribution is -2.43. The van der Waals surface area contributed by atoms with E-state index in [1.807, 2.05) is 0 Å². The van der Waals surface area contributed by atoms with Crippen molar-refractivity contribution in [1.82, 2.24) is 14.9 Å². The molecule has 0 bridgehead atoms. The summed E-state index contributed by atoms with van der Waals surface area (Å²) in [4.78, 5) is 22.2. The number of aliphatic hydroxyl groups is 1. The minimum Gasteiger partial charge on any atom is -0.480 e. The van der Waals surface area contributed by atoms with E-state index in [2.05, 4.69) is 14.9 Å². The third kappa shape index (κ3) is 2.70. The van der Waals surface area contributed by atoms with Crippen molar-refractivity contribution in [2.24, 2.45) is 0 Å². The topological polar surface area (TPSA) is 112 Å². The van der Waals surface area contributed by atoms with Crippen LogP contribution in [0.3, 0.4) is 0 Å². The van der Waals surface area contributed by atoms with Crippen LogP contribution in [0.25, 0.3) is 0 Å². The van der Waals surface area contributed by atoms with Crippen LogP contribution in [0.1, 0.15) is 15.4 Å². The lowest BCUT2D eigenvalue weighted by Gasteiger charge is -2.10. The SMILES string of the molecule is Cc1nnsc1C(=O)NC(CO)C(=O)O. The molecule has 1 amide bonds. The van der Waals surface area contributed by atoms with Gasteiger partial charge >= 0.3 is 5.97 Å². The van der Waals surface area contributed by atoms with Crippen molar-refractivity contribution in [2.45, 2.75) is 13.0 Å². The lowest BCUT2D eigenvalue weighted by atomic mass is 10.3. The molecular weight excluding hydrogens is 222 g/mol. The van der Waals surface area contributed by atoms with Gasteiger partial charge in [-0.15, -0.1) is 5.10 Å². The average Bonchev–Trinajstić information content (AvgIpc) is 2.60. The maximum Gasteiger partial charge on any atom is 0.328 e. The Morgan fingerprint density at radius 3 is 2.67 bits per heavy atom. The second-order valence-corrected chi connectivity index (χ2v) is 3.49. The van der Waals surface area contributed by atoms with Gasteiger partial charge in [-0.2, -0.15) is 0 Å². The van der Waals surface area contributed by atoms with Crippen molar-refractivity contribution in [2.75, 3.05) is 6.61 Å². The van der Waals surface area contributed by atoms with Gasteiger partial charge in [0, 0.05) is 0 Å². The van der Waals surface area contributed by atoms with Crippen LogP contribution in [-0.4, -0.2) is 44.3 Å². The Labute approximate surface area is 88.9 Å². The van der Waals surface area contributed by atoms with Crippen LogP contribution in [0.15, 0.2) is 0 Å². The minimum absolute atomic E-state index is 0.245. The van der Waals surface area contributed by atoms with Gasteiger partial charge in [-0.25, -0.2) is 4.79 Å². The Kier molecular flexibility index (Phi) is 3.69. The highest BCUT2D eigenvalue weighted by Crippen LogP contribution is 2.08. The average molecular weight is 231 g/mol. The highest BCUT2D eigenvalue weighted by molar-refractivity contribution is 7.08. The van der Waals surface area contributed by atoms with Crippen molar-refractivity contribution in [3.8, 4) is 0 Å². The number of rotatable bonds is 4. The van der Waals surface area contributed by atoms with E-state index < -0.39 is 24.5 Å². The number of hydrogen-bond donors (Lipinski definition) is 3. The summed E-state index contributed by atoms with van der Waals surface area (Å²) in [7, 11) is 0. The molecule has 0 aliphatic heterocycles. The first kappa shape index (κ1) is 11.5. The highest BCUT2D eigenvalue weighted by Gasteiger charge is 2.21. The normalized spacial score (nSPS) is 12.1. The molecule has 82 valence electrons. The smallest absolute Gasteiger partial charge is 0.328 e. The molecule has 1 atom stereocenters. The van der Waals surface area contributed by atoms with Gasteiger partial charge in [0.1, 0.15) is 4.88 Å². The first-order valence-electron chi connectivity index (χ1n) is 3.99. The zero-order chi connectivity index (χ0) is 11.4. The van der Waals surface area contributed by atoms with E-state index >= 15 is 0 Å². The molecule has 0 saturated heterocycles. The summed E-state index contributed by atoms with van der Waals surface area (Å²) >= 11 is 0.874. The van der Waals surface area contributed by atoms with Crippen LogP contribution in [0.5, 0.6) is 0 Å². The van der Waals surface area contributed by atoms with Gasteiger partial charge in [-0.05, 0) is 18.5 Å². The molecule has 7 nitrogen and oxygen atoms in total. The van der Waals surface area contributed by atoms with Gasteiger partial charge in [0.2, 0.25) is 0 Å². The number of amides is 1. The Morgan fingerprint density at radius 1 is 1.60 bits per heavy atom. The number of aryl methyl sites for hydroxylation is 1. The predicted octanol–water partition coefficient (Wildman–Crippen LogP) is -0.978. The molecule has 1 aromatic rings. The second kappa shape index (κ2) is 4.80. The number of aliphatic hydroxyl groups excluding tert-OH is 1. The molecule has 1 unspecified atom stereocenters. The molecule has 1 aromatic heterocycles. The number of carboxylic acids is 1. The Balaban J connectivity index is 2.71. The summed E-state index contributed by atoms with van der Waals surface area (Å²) in [6, 6.07) is -1.31. The molecule has 0 aliphatic carbocycles. The standard InChI is InChI=1S/C7H9N3O4S/c1-3-5(15-10-9-3)6(12)8-4(2-11)7(13)14/h4,11H,2H2,1H3,(H,8,12)(H,13,14). The summed E-state index contributed by atoms with van der Waals surface area (Å²) < 4.78 is 3.54. The molecule has 1 heterocycles. The van der Waals surface area contributed by atoms with Gasteiger partial charge in [0.25, 0.3) is 5.91 Å². The molecule has 8 heteroatoms. The first-order valence-corrected chi connectivity index (χ1v) is 4.77. The fourth-order valence-electron chi connectivity index (χ4n) is 0.849. The summed E-state index contributed by atoms with van der Waals surface area (Å²) in [6.07, 6.45) is 0. The van der Waals surface area contributed by atoms with E-state index in [9.17, 15) is 9.59 Å². The molecule has 1 rings (SSSR count). The summed E-state index contributed by atoms with van der Waals surface area (Å²) in [6.45, 7) is 0.930. The summed E-state index contributed by atoms with van der Waals surface area (Å²) in [5.74, 6) is -1.88. The molecule has 0 radical (unpaired) electrons. The number of nitrogens with zero attached hydrogens (tertiary/aromatic N) is 2. The molecule has 15 heavy (non-hydrogen) atoms. The number of aromatic nitrogens is 2. The van der Waals surface area contributed by atoms with Crippen molar-refractivity contribution in [1.29, 1.82) is 0 Å². The van der Waals surface area contributed by atoms with Crippen molar-refractivity contribution < 1.29 is 19.8 Å². The number of hydrogen-bond acceptors (Lipinski definition) is 6. The molecule has 0 fully saturated rings. The first-order chi connectivity index (χ1) is 7.06.